The molecule has 3 aromatic carbocycles. The van der Waals surface area contributed by atoms with Crippen LogP contribution in [-0.2, 0) is 33.8 Å². The maximum Gasteiger partial charge on any atom is 0.411 e. The average molecular weight is 550 g/mol. The van der Waals surface area contributed by atoms with Crippen molar-refractivity contribution in [3.05, 3.63) is 89.5 Å². The number of rotatable bonds is 11. The average Bonchev–Trinajstić information content (AvgIpc) is 2.91. The molecule has 0 unspecified atom stereocenters. The lowest BCUT2D eigenvalue weighted by Crippen LogP contribution is -2.48. The Balaban J connectivity index is 2.03. The van der Waals surface area contributed by atoms with Gasteiger partial charge in [0.15, 0.2) is 11.5 Å². The maximum absolute atomic E-state index is 13.6. The van der Waals surface area contributed by atoms with Crippen LogP contribution < -0.4 is 9.47 Å². The highest BCUT2D eigenvalue weighted by Gasteiger charge is 2.35. The number of esters is 1. The van der Waals surface area contributed by atoms with E-state index in [1.165, 1.54) is 12.0 Å². The fourth-order valence-electron chi connectivity index (χ4n) is 4.02. The topological polar surface area (TPSA) is 94.5 Å². The Morgan fingerprint density at radius 3 is 2.05 bits per heavy atom. The summed E-state index contributed by atoms with van der Waals surface area (Å²) in [5.74, 6) is -0.268. The number of hydrogen-bond donors (Lipinski definition) is 1. The summed E-state index contributed by atoms with van der Waals surface area (Å²) in [5, 5.41) is 11.2. The monoisotopic (exact) mass is 549 g/mol. The lowest BCUT2D eigenvalue weighted by molar-refractivity contribution is -0.151. The minimum atomic E-state index is -1.04. The molecule has 0 saturated heterocycles. The Morgan fingerprint density at radius 1 is 0.900 bits per heavy atom. The third-order valence-electron chi connectivity index (χ3n) is 5.87. The van der Waals surface area contributed by atoms with Crippen molar-refractivity contribution < 1.29 is 33.6 Å². The highest BCUT2D eigenvalue weighted by Crippen LogP contribution is 2.40. The van der Waals surface area contributed by atoms with E-state index in [-0.39, 0.29) is 37.2 Å². The second kappa shape index (κ2) is 13.7. The van der Waals surface area contributed by atoms with Crippen LogP contribution in [0.4, 0.5) is 4.79 Å². The van der Waals surface area contributed by atoms with Gasteiger partial charge < -0.3 is 24.1 Å². The van der Waals surface area contributed by atoms with E-state index in [0.29, 0.717) is 11.3 Å². The van der Waals surface area contributed by atoms with Crippen LogP contribution >= 0.6 is 0 Å². The molecule has 0 aliphatic heterocycles. The molecule has 1 atom stereocenters. The summed E-state index contributed by atoms with van der Waals surface area (Å²) < 4.78 is 22.6. The lowest BCUT2D eigenvalue weighted by atomic mass is 10.0. The van der Waals surface area contributed by atoms with E-state index in [1.54, 1.807) is 32.9 Å². The third kappa shape index (κ3) is 8.66. The van der Waals surface area contributed by atoms with Gasteiger partial charge in [0.1, 0.15) is 18.2 Å². The molecule has 0 aliphatic carbocycles. The van der Waals surface area contributed by atoms with Crippen LogP contribution in [0, 0.1) is 0 Å². The summed E-state index contributed by atoms with van der Waals surface area (Å²) >= 11 is 0. The minimum Gasteiger partial charge on any atom is -0.504 e. The minimum absolute atomic E-state index is 0.0489. The largest absolute Gasteiger partial charge is 0.504 e. The molecule has 8 heteroatoms. The second-order valence-corrected chi connectivity index (χ2v) is 10.7. The number of aromatic hydroxyl groups is 1. The number of carbonyl (C=O) groups is 2. The number of carbonyl (C=O) groups excluding carboxylic acids is 2. The predicted molar refractivity (Wildman–Crippen MR) is 152 cm³/mol. The lowest BCUT2D eigenvalue weighted by Gasteiger charge is -2.33. The first-order chi connectivity index (χ1) is 19.0. The smallest absolute Gasteiger partial charge is 0.411 e. The molecule has 1 amide bonds. The predicted octanol–water partition coefficient (Wildman–Crippen LogP) is 6.28. The zero-order chi connectivity index (χ0) is 29.3. The molecule has 0 aliphatic rings. The Labute approximate surface area is 236 Å². The Hall–Kier alpha value is -4.20. The summed E-state index contributed by atoms with van der Waals surface area (Å²) in [4.78, 5) is 28.6. The van der Waals surface area contributed by atoms with Crippen LogP contribution in [-0.4, -0.2) is 46.9 Å². The molecule has 0 saturated carbocycles. The summed E-state index contributed by atoms with van der Waals surface area (Å²) in [5.41, 5.74) is 1.19. The Bertz CT molecular complexity index is 1250. The molecule has 3 rings (SSSR count). The normalized spacial score (nSPS) is 12.0. The zero-order valence-electron chi connectivity index (χ0n) is 24.0. The van der Waals surface area contributed by atoms with Gasteiger partial charge in [-0.2, -0.15) is 0 Å². The van der Waals surface area contributed by atoms with Crippen LogP contribution in [0.2, 0.25) is 0 Å². The molecule has 214 valence electrons. The molecule has 40 heavy (non-hydrogen) atoms. The van der Waals surface area contributed by atoms with Crippen molar-refractivity contribution in [1.29, 1.82) is 0 Å². The molecular formula is C32H39NO7. The highest BCUT2D eigenvalue weighted by molar-refractivity contribution is 5.82. The van der Waals surface area contributed by atoms with Crippen LogP contribution in [0.5, 0.6) is 17.2 Å². The summed E-state index contributed by atoms with van der Waals surface area (Å²) in [6.45, 7) is 8.83. The van der Waals surface area contributed by atoms with Crippen molar-refractivity contribution in [1.82, 2.24) is 4.90 Å². The molecule has 0 radical (unpaired) electrons. The number of phenolic OH excluding ortho intramolecular Hbond substituents is 1. The van der Waals surface area contributed by atoms with Crippen molar-refractivity contribution >= 4 is 12.1 Å². The molecule has 0 aromatic heterocycles. The number of benzene rings is 3. The molecule has 0 bridgehead atoms. The first-order valence-electron chi connectivity index (χ1n) is 13.3. The fourth-order valence-corrected chi connectivity index (χ4v) is 4.02. The van der Waals surface area contributed by atoms with Crippen LogP contribution in [0.15, 0.2) is 72.8 Å². The number of nitrogens with zero attached hydrogens (tertiary/aromatic N) is 1. The Kier molecular flexibility index (Phi) is 10.4. The van der Waals surface area contributed by atoms with Crippen LogP contribution in [0.1, 0.15) is 51.3 Å². The van der Waals surface area contributed by atoms with E-state index < -0.39 is 23.7 Å². The van der Waals surface area contributed by atoms with Gasteiger partial charge in [-0.05, 0) is 57.9 Å². The molecule has 0 heterocycles. The highest BCUT2D eigenvalue weighted by atomic mass is 16.6. The molecular weight excluding hydrogens is 510 g/mol. The van der Waals surface area contributed by atoms with Gasteiger partial charge in [0.25, 0.3) is 0 Å². The molecule has 8 nitrogen and oxygen atoms in total. The summed E-state index contributed by atoms with van der Waals surface area (Å²) in [6.07, 6.45) is -0.776. The van der Waals surface area contributed by atoms with Crippen LogP contribution in [0.3, 0.4) is 0 Å². The van der Waals surface area contributed by atoms with Crippen molar-refractivity contribution in [3.8, 4) is 17.2 Å². The first kappa shape index (κ1) is 30.3. The van der Waals surface area contributed by atoms with Gasteiger partial charge in [-0.15, -0.1) is 0 Å². The van der Waals surface area contributed by atoms with Crippen molar-refractivity contribution in [2.45, 2.75) is 71.9 Å². The number of ether oxygens (including phenoxy) is 4. The van der Waals surface area contributed by atoms with Crippen molar-refractivity contribution in [2.24, 2.45) is 0 Å². The Morgan fingerprint density at radius 2 is 1.50 bits per heavy atom. The van der Waals surface area contributed by atoms with E-state index in [0.717, 1.165) is 11.1 Å². The first-order valence-corrected chi connectivity index (χ1v) is 13.3. The number of amides is 1. The summed E-state index contributed by atoms with van der Waals surface area (Å²) in [7, 11) is 1.48. The number of hydrogen-bond acceptors (Lipinski definition) is 7. The van der Waals surface area contributed by atoms with Crippen molar-refractivity contribution in [3.63, 3.8) is 0 Å². The number of methoxy groups -OCH3 is 1. The molecule has 0 spiro atoms. The SMILES string of the molecule is COc1ccc(CN(C(=O)OC(C)(C)C)[C@@H](Cc2ccccc2)C(=O)OCc2ccccc2)c(O)c1OC(C)C. The summed E-state index contributed by atoms with van der Waals surface area (Å²) in [6, 6.07) is 20.9. The van der Waals surface area contributed by atoms with Gasteiger partial charge in [-0.1, -0.05) is 60.7 Å². The van der Waals surface area contributed by atoms with Gasteiger partial charge in [-0.25, -0.2) is 9.59 Å². The van der Waals surface area contributed by atoms with E-state index in [9.17, 15) is 14.7 Å². The van der Waals surface area contributed by atoms with Crippen molar-refractivity contribution in [2.75, 3.05) is 7.11 Å². The molecule has 0 fully saturated rings. The van der Waals surface area contributed by atoms with Gasteiger partial charge in [0.2, 0.25) is 5.75 Å². The molecule has 3 aromatic rings. The standard InChI is InChI=1S/C32H39NO7/c1-22(2)39-29-27(37-6)18-17-25(28(29)34)20-33(31(36)40-32(3,4)5)26(19-23-13-9-7-10-14-23)30(35)38-21-24-15-11-8-12-16-24/h7-18,22,26,34H,19-21H2,1-6H3/t26-/m0/s1. The van der Waals surface area contributed by atoms with Gasteiger partial charge in [-0.3, -0.25) is 4.90 Å². The van der Waals surface area contributed by atoms with Gasteiger partial charge in [0.05, 0.1) is 19.8 Å². The van der Waals surface area contributed by atoms with Crippen LogP contribution in [0.25, 0.3) is 0 Å². The van der Waals surface area contributed by atoms with E-state index in [2.05, 4.69) is 0 Å². The van der Waals surface area contributed by atoms with E-state index in [1.807, 2.05) is 74.5 Å². The second-order valence-electron chi connectivity index (χ2n) is 10.7. The van der Waals surface area contributed by atoms with E-state index >= 15 is 0 Å². The fraction of sp³-hybridized carbons (Fsp3) is 0.375. The van der Waals surface area contributed by atoms with Gasteiger partial charge in [0, 0.05) is 12.0 Å². The van der Waals surface area contributed by atoms with Gasteiger partial charge >= 0.3 is 12.1 Å². The molecule has 1 N–H and O–H groups in total. The quantitative estimate of drug-likeness (QED) is 0.281. The number of phenols is 1. The zero-order valence-corrected chi connectivity index (χ0v) is 24.0. The van der Waals surface area contributed by atoms with E-state index in [4.69, 9.17) is 18.9 Å². The third-order valence-corrected chi connectivity index (χ3v) is 5.87. The maximum atomic E-state index is 13.6.